The van der Waals surface area contributed by atoms with Gasteiger partial charge in [-0.15, -0.1) is 0 Å². The molecule has 1 aromatic rings. The van der Waals surface area contributed by atoms with Crippen molar-refractivity contribution in [3.8, 4) is 0 Å². The average molecular weight is 268 g/mol. The second-order valence-corrected chi connectivity index (χ2v) is 6.92. The Balaban J connectivity index is 1.82. The Hall–Kier alpha value is -0.450. The molecule has 0 amide bonds. The first-order valence-corrected chi connectivity index (χ1v) is 7.82. The maximum Gasteiger partial charge on any atom is 0.118 e. The fourth-order valence-corrected chi connectivity index (χ4v) is 3.26. The molecule has 1 atom stereocenters. The van der Waals surface area contributed by atoms with E-state index in [1.54, 1.807) is 0 Å². The first-order chi connectivity index (χ1) is 8.63. The van der Waals surface area contributed by atoms with E-state index in [0.29, 0.717) is 6.04 Å². The van der Waals surface area contributed by atoms with Crippen LogP contribution in [0.25, 0.3) is 0 Å². The van der Waals surface area contributed by atoms with E-state index in [4.69, 9.17) is 4.42 Å². The van der Waals surface area contributed by atoms with Crippen molar-refractivity contribution in [2.75, 3.05) is 18.8 Å². The van der Waals surface area contributed by atoms with Gasteiger partial charge in [0.15, 0.2) is 0 Å². The van der Waals surface area contributed by atoms with Crippen LogP contribution in [0.5, 0.6) is 0 Å². The van der Waals surface area contributed by atoms with Gasteiger partial charge in [0, 0.05) is 42.2 Å². The third-order valence-electron chi connectivity index (χ3n) is 3.13. The lowest BCUT2D eigenvalue weighted by molar-refractivity contribution is 0.254. The van der Waals surface area contributed by atoms with Crippen LogP contribution in [0, 0.1) is 0 Å². The van der Waals surface area contributed by atoms with Crippen LogP contribution in [-0.4, -0.2) is 35.0 Å². The SMILES string of the molecule is CC(C)NCc1coc(CN2CCSC(C)C2)c1. The maximum absolute atomic E-state index is 5.65. The highest BCUT2D eigenvalue weighted by Gasteiger charge is 2.17. The van der Waals surface area contributed by atoms with Crippen molar-refractivity contribution >= 4 is 11.8 Å². The van der Waals surface area contributed by atoms with Crippen LogP contribution in [0.2, 0.25) is 0 Å². The van der Waals surface area contributed by atoms with E-state index in [9.17, 15) is 0 Å². The summed E-state index contributed by atoms with van der Waals surface area (Å²) < 4.78 is 5.65. The van der Waals surface area contributed by atoms with Gasteiger partial charge in [0.05, 0.1) is 12.8 Å². The highest BCUT2D eigenvalue weighted by atomic mass is 32.2. The fraction of sp³-hybridized carbons (Fsp3) is 0.714. The van der Waals surface area contributed by atoms with Crippen LogP contribution in [0.1, 0.15) is 32.1 Å². The molecule has 18 heavy (non-hydrogen) atoms. The summed E-state index contributed by atoms with van der Waals surface area (Å²) in [5, 5.41) is 4.15. The van der Waals surface area contributed by atoms with Gasteiger partial charge in [-0.25, -0.2) is 0 Å². The van der Waals surface area contributed by atoms with E-state index < -0.39 is 0 Å². The molecule has 0 spiro atoms. The molecule has 2 heterocycles. The summed E-state index contributed by atoms with van der Waals surface area (Å²) in [4.78, 5) is 2.49. The number of hydrogen-bond acceptors (Lipinski definition) is 4. The summed E-state index contributed by atoms with van der Waals surface area (Å²) in [5.41, 5.74) is 1.25. The lowest BCUT2D eigenvalue weighted by atomic mass is 10.2. The van der Waals surface area contributed by atoms with Gasteiger partial charge in [0.1, 0.15) is 5.76 Å². The van der Waals surface area contributed by atoms with Crippen molar-refractivity contribution in [1.29, 1.82) is 0 Å². The Bertz CT molecular complexity index is 364. The molecule has 2 rings (SSSR count). The molecular formula is C14H24N2OS. The quantitative estimate of drug-likeness (QED) is 0.889. The van der Waals surface area contributed by atoms with Gasteiger partial charge < -0.3 is 9.73 Å². The Labute approximate surface area is 114 Å². The van der Waals surface area contributed by atoms with Crippen molar-refractivity contribution < 1.29 is 4.42 Å². The Morgan fingerprint density at radius 1 is 1.56 bits per heavy atom. The monoisotopic (exact) mass is 268 g/mol. The zero-order valence-electron chi connectivity index (χ0n) is 11.6. The molecule has 0 radical (unpaired) electrons. The van der Waals surface area contributed by atoms with E-state index in [1.165, 1.54) is 24.4 Å². The Morgan fingerprint density at radius 2 is 2.39 bits per heavy atom. The van der Waals surface area contributed by atoms with Crippen molar-refractivity contribution in [3.63, 3.8) is 0 Å². The molecule has 0 aromatic carbocycles. The van der Waals surface area contributed by atoms with E-state index in [2.05, 4.69) is 48.8 Å². The van der Waals surface area contributed by atoms with E-state index >= 15 is 0 Å². The topological polar surface area (TPSA) is 28.4 Å². The minimum absolute atomic E-state index is 0.517. The molecule has 4 heteroatoms. The van der Waals surface area contributed by atoms with Crippen LogP contribution >= 0.6 is 11.8 Å². The molecule has 0 bridgehead atoms. The summed E-state index contributed by atoms with van der Waals surface area (Å²) >= 11 is 2.07. The lowest BCUT2D eigenvalue weighted by Gasteiger charge is -2.29. The largest absolute Gasteiger partial charge is 0.468 e. The zero-order valence-corrected chi connectivity index (χ0v) is 12.4. The minimum Gasteiger partial charge on any atom is -0.468 e. The van der Waals surface area contributed by atoms with Crippen molar-refractivity contribution in [3.05, 3.63) is 23.7 Å². The number of nitrogens with zero attached hydrogens (tertiary/aromatic N) is 1. The lowest BCUT2D eigenvalue weighted by Crippen LogP contribution is -2.35. The van der Waals surface area contributed by atoms with Crippen LogP contribution in [0.3, 0.4) is 0 Å². The molecule has 1 unspecified atom stereocenters. The van der Waals surface area contributed by atoms with Gasteiger partial charge in [-0.3, -0.25) is 4.90 Å². The number of furan rings is 1. The molecule has 1 saturated heterocycles. The normalized spacial score (nSPS) is 21.7. The second kappa shape index (κ2) is 6.64. The molecular weight excluding hydrogens is 244 g/mol. The summed E-state index contributed by atoms with van der Waals surface area (Å²) in [6, 6.07) is 2.70. The molecule has 1 aromatic heterocycles. The molecule has 0 saturated carbocycles. The molecule has 102 valence electrons. The molecule has 1 aliphatic rings. The third-order valence-corrected chi connectivity index (χ3v) is 4.26. The van der Waals surface area contributed by atoms with Crippen molar-refractivity contribution in [2.24, 2.45) is 0 Å². The molecule has 0 aliphatic carbocycles. The number of nitrogens with one attached hydrogen (secondary N) is 1. The average Bonchev–Trinajstić information content (AvgIpc) is 2.74. The van der Waals surface area contributed by atoms with Crippen LogP contribution in [-0.2, 0) is 13.1 Å². The summed E-state index contributed by atoms with van der Waals surface area (Å²) in [6.45, 7) is 10.8. The van der Waals surface area contributed by atoms with Gasteiger partial charge in [-0.05, 0) is 6.07 Å². The van der Waals surface area contributed by atoms with E-state index in [-0.39, 0.29) is 0 Å². The molecule has 1 fully saturated rings. The summed E-state index contributed by atoms with van der Waals surface area (Å²) in [7, 11) is 0. The van der Waals surface area contributed by atoms with Gasteiger partial charge in [-0.1, -0.05) is 20.8 Å². The standard InChI is InChI=1S/C14H24N2OS/c1-11(2)15-7-13-6-14(17-10-13)9-16-4-5-18-12(3)8-16/h6,10-12,15H,4-5,7-9H2,1-3H3. The predicted octanol–water partition coefficient (Wildman–Crippen LogP) is 2.71. The van der Waals surface area contributed by atoms with Crippen LogP contribution in [0.15, 0.2) is 16.7 Å². The number of rotatable bonds is 5. The second-order valence-electron chi connectivity index (χ2n) is 5.37. The van der Waals surface area contributed by atoms with Gasteiger partial charge in [0.25, 0.3) is 0 Å². The molecule has 1 N–H and O–H groups in total. The highest BCUT2D eigenvalue weighted by molar-refractivity contribution is 7.99. The number of thioether (sulfide) groups is 1. The van der Waals surface area contributed by atoms with Crippen molar-refractivity contribution in [1.82, 2.24) is 10.2 Å². The predicted molar refractivity (Wildman–Crippen MR) is 77.9 cm³/mol. The minimum atomic E-state index is 0.517. The van der Waals surface area contributed by atoms with E-state index in [0.717, 1.165) is 24.1 Å². The van der Waals surface area contributed by atoms with Crippen molar-refractivity contribution in [2.45, 2.75) is 45.2 Å². The summed E-state index contributed by atoms with van der Waals surface area (Å²) in [6.07, 6.45) is 1.88. The first kappa shape index (κ1) is 14.0. The smallest absolute Gasteiger partial charge is 0.118 e. The van der Waals surface area contributed by atoms with Gasteiger partial charge in [-0.2, -0.15) is 11.8 Å². The highest BCUT2D eigenvalue weighted by Crippen LogP contribution is 2.20. The Kier molecular flexibility index (Phi) is 5.15. The zero-order chi connectivity index (χ0) is 13.0. The maximum atomic E-state index is 5.65. The third kappa shape index (κ3) is 4.34. The number of hydrogen-bond donors (Lipinski definition) is 1. The van der Waals surface area contributed by atoms with E-state index in [1.807, 2.05) is 6.26 Å². The van der Waals surface area contributed by atoms with Crippen LogP contribution < -0.4 is 5.32 Å². The Morgan fingerprint density at radius 3 is 3.11 bits per heavy atom. The van der Waals surface area contributed by atoms with Gasteiger partial charge >= 0.3 is 0 Å². The van der Waals surface area contributed by atoms with Crippen LogP contribution in [0.4, 0.5) is 0 Å². The molecule has 3 nitrogen and oxygen atoms in total. The summed E-state index contributed by atoms with van der Waals surface area (Å²) in [5.74, 6) is 2.33. The first-order valence-electron chi connectivity index (χ1n) is 6.77. The van der Waals surface area contributed by atoms with Gasteiger partial charge in [0.2, 0.25) is 0 Å². The molecule has 1 aliphatic heterocycles. The fourth-order valence-electron chi connectivity index (χ4n) is 2.18.